The maximum Gasteiger partial charge on any atom is 0.313 e. The molecule has 1 unspecified atom stereocenters. The van der Waals surface area contributed by atoms with Crippen LogP contribution in [0.2, 0.25) is 0 Å². The molecule has 0 saturated carbocycles. The number of benzene rings is 2. The Bertz CT molecular complexity index is 1300. The number of piperidine rings is 1. The van der Waals surface area contributed by atoms with Crippen LogP contribution in [-0.4, -0.2) is 58.1 Å². The molecule has 4 rings (SSSR count). The number of carboxylic acids is 1. The lowest BCUT2D eigenvalue weighted by molar-refractivity contribution is -0.142. The van der Waals surface area contributed by atoms with E-state index in [1.54, 1.807) is 50.2 Å². The quantitative estimate of drug-likeness (QED) is 0.423. The molecule has 2 aromatic rings. The van der Waals surface area contributed by atoms with Gasteiger partial charge in [-0.05, 0) is 50.1 Å². The van der Waals surface area contributed by atoms with Gasteiger partial charge in [0, 0.05) is 17.8 Å². The summed E-state index contributed by atoms with van der Waals surface area (Å²) in [4.78, 5) is 74.5. The molecule has 4 N–H and O–H groups in total. The molecule has 1 saturated heterocycles. The third kappa shape index (κ3) is 4.42. The van der Waals surface area contributed by atoms with Gasteiger partial charge >= 0.3 is 5.97 Å². The smallest absolute Gasteiger partial charge is 0.313 e. The summed E-state index contributed by atoms with van der Waals surface area (Å²) < 4.78 is 0. The van der Waals surface area contributed by atoms with Gasteiger partial charge in [-0.2, -0.15) is 0 Å². The summed E-state index contributed by atoms with van der Waals surface area (Å²) in [5.74, 6) is -3.87. The summed E-state index contributed by atoms with van der Waals surface area (Å²) in [5.41, 5.74) is 0.375. The summed E-state index contributed by atoms with van der Waals surface area (Å²) in [5, 5.41) is 17.0. The summed E-state index contributed by atoms with van der Waals surface area (Å²) in [6.07, 6.45) is 0.0631. The van der Waals surface area contributed by atoms with Crippen molar-refractivity contribution in [3.8, 4) is 0 Å². The van der Waals surface area contributed by atoms with Crippen LogP contribution in [0.4, 0.5) is 11.4 Å². The number of fused-ring (bicyclic) bond motifs is 1. The molecule has 2 aliphatic rings. The largest absolute Gasteiger partial charge is 0.481 e. The van der Waals surface area contributed by atoms with Crippen molar-refractivity contribution in [1.82, 2.24) is 10.2 Å². The maximum atomic E-state index is 13.1. The van der Waals surface area contributed by atoms with Crippen molar-refractivity contribution < 1.29 is 33.9 Å². The van der Waals surface area contributed by atoms with Gasteiger partial charge in [0.05, 0.1) is 23.1 Å². The minimum Gasteiger partial charge on any atom is -0.481 e. The van der Waals surface area contributed by atoms with E-state index in [1.165, 1.54) is 6.07 Å². The lowest BCUT2D eigenvalue weighted by atomic mass is 9.85. The van der Waals surface area contributed by atoms with Gasteiger partial charge < -0.3 is 15.7 Å². The number of nitrogens with zero attached hydrogens (tertiary/aromatic N) is 1. The number of rotatable bonds is 7. The monoisotopic (exact) mass is 492 g/mol. The Balaban J connectivity index is 1.44. The highest BCUT2D eigenvalue weighted by molar-refractivity contribution is 6.25. The predicted molar refractivity (Wildman–Crippen MR) is 127 cm³/mol. The zero-order valence-corrected chi connectivity index (χ0v) is 19.6. The van der Waals surface area contributed by atoms with Crippen LogP contribution in [0, 0.1) is 0 Å². The highest BCUT2D eigenvalue weighted by Gasteiger charge is 2.45. The minimum atomic E-state index is -1.08. The summed E-state index contributed by atoms with van der Waals surface area (Å²) in [6, 6.07) is 9.92. The second-order valence-electron chi connectivity index (χ2n) is 9.08. The summed E-state index contributed by atoms with van der Waals surface area (Å²) in [7, 11) is 0. The highest BCUT2D eigenvalue weighted by atomic mass is 16.4. The molecule has 0 aliphatic carbocycles. The lowest BCUT2D eigenvalue weighted by Gasteiger charge is -2.27. The average Bonchev–Trinajstić information content (AvgIpc) is 3.08. The molecule has 186 valence electrons. The Hall–Kier alpha value is -4.54. The van der Waals surface area contributed by atoms with Gasteiger partial charge in [0.2, 0.25) is 17.7 Å². The third-order valence-electron chi connectivity index (χ3n) is 6.33. The van der Waals surface area contributed by atoms with Crippen LogP contribution in [0.3, 0.4) is 0 Å². The zero-order chi connectivity index (χ0) is 26.2. The highest BCUT2D eigenvalue weighted by Crippen LogP contribution is 2.32. The number of carboxylic acid groups (broad SMARTS) is 1. The summed E-state index contributed by atoms with van der Waals surface area (Å²) >= 11 is 0. The van der Waals surface area contributed by atoms with Crippen LogP contribution < -0.4 is 16.0 Å². The van der Waals surface area contributed by atoms with Crippen molar-refractivity contribution in [2.24, 2.45) is 0 Å². The van der Waals surface area contributed by atoms with E-state index in [0.29, 0.717) is 11.3 Å². The van der Waals surface area contributed by atoms with Crippen molar-refractivity contribution in [3.63, 3.8) is 0 Å². The van der Waals surface area contributed by atoms with Crippen LogP contribution in [0.15, 0.2) is 42.5 Å². The summed E-state index contributed by atoms with van der Waals surface area (Å²) in [6.45, 7) is 2.94. The van der Waals surface area contributed by atoms with Crippen LogP contribution in [-0.2, 0) is 24.6 Å². The van der Waals surface area contributed by atoms with Crippen LogP contribution >= 0.6 is 0 Å². The van der Waals surface area contributed by atoms with E-state index in [1.807, 2.05) is 0 Å². The fourth-order valence-corrected chi connectivity index (χ4v) is 4.14. The van der Waals surface area contributed by atoms with Crippen molar-refractivity contribution in [1.29, 1.82) is 0 Å². The molecule has 11 nitrogen and oxygen atoms in total. The van der Waals surface area contributed by atoms with E-state index in [9.17, 15) is 33.9 Å². The molecule has 2 aliphatic heterocycles. The molecule has 2 heterocycles. The van der Waals surface area contributed by atoms with Gasteiger partial charge in [0.25, 0.3) is 11.8 Å². The molecule has 2 aromatic carbocycles. The Morgan fingerprint density at radius 3 is 2.39 bits per heavy atom. The molecule has 0 spiro atoms. The Morgan fingerprint density at radius 1 is 1.06 bits per heavy atom. The molecule has 1 atom stereocenters. The molecule has 0 radical (unpaired) electrons. The second kappa shape index (κ2) is 9.25. The first-order valence-electron chi connectivity index (χ1n) is 11.2. The first-order valence-corrected chi connectivity index (χ1v) is 11.2. The molecule has 1 fully saturated rings. The molecule has 11 heteroatoms. The third-order valence-corrected chi connectivity index (χ3v) is 6.33. The molecular formula is C25H24N4O7. The fourth-order valence-electron chi connectivity index (χ4n) is 4.14. The van der Waals surface area contributed by atoms with Gasteiger partial charge in [0.15, 0.2) is 0 Å². The van der Waals surface area contributed by atoms with Gasteiger partial charge in [-0.25, -0.2) is 0 Å². The first-order chi connectivity index (χ1) is 17.0. The Kier molecular flexibility index (Phi) is 6.32. The normalized spacial score (nSPS) is 17.5. The van der Waals surface area contributed by atoms with E-state index >= 15 is 0 Å². The maximum absolute atomic E-state index is 13.1. The minimum absolute atomic E-state index is 0.0177. The van der Waals surface area contributed by atoms with Gasteiger partial charge in [-0.15, -0.1) is 0 Å². The number of anilines is 2. The number of aliphatic carboxylic acids is 1. The van der Waals surface area contributed by atoms with E-state index in [0.717, 1.165) is 4.90 Å². The van der Waals surface area contributed by atoms with Gasteiger partial charge in [-0.3, -0.25) is 39.0 Å². The molecular weight excluding hydrogens is 468 g/mol. The number of amides is 5. The number of carbonyl (C=O) groups excluding carboxylic acids is 5. The van der Waals surface area contributed by atoms with E-state index in [4.69, 9.17) is 0 Å². The van der Waals surface area contributed by atoms with Gasteiger partial charge in [-0.1, -0.05) is 18.2 Å². The zero-order valence-electron chi connectivity index (χ0n) is 19.6. The molecule has 0 bridgehead atoms. The SMILES string of the molecule is CC(C)(C(=O)O)c1ccc(NC(=O)CNc2cccc3c2C(=O)N(C2CCC(=O)NC2=O)C3=O)cc1. The molecule has 5 amide bonds. The average molecular weight is 492 g/mol. The van der Waals surface area contributed by atoms with E-state index in [-0.39, 0.29) is 36.2 Å². The van der Waals surface area contributed by atoms with Crippen molar-refractivity contribution >= 4 is 46.9 Å². The van der Waals surface area contributed by atoms with Crippen LogP contribution in [0.5, 0.6) is 0 Å². The van der Waals surface area contributed by atoms with Gasteiger partial charge in [0.1, 0.15) is 6.04 Å². The first kappa shape index (κ1) is 24.6. The van der Waals surface area contributed by atoms with Crippen LogP contribution in [0.1, 0.15) is 53.0 Å². The van der Waals surface area contributed by atoms with Crippen molar-refractivity contribution in [2.45, 2.75) is 38.1 Å². The Labute approximate surface area is 205 Å². The standard InChI is InChI=1S/C25H24N4O7/c1-25(2,24(35)36)13-6-8-14(9-7-13)27-19(31)12-26-16-5-3-4-15-20(16)23(34)29(22(15)33)17-10-11-18(30)28-21(17)32/h3-9,17,26H,10-12H2,1-2H3,(H,27,31)(H,35,36)(H,28,30,32). The molecule has 36 heavy (non-hydrogen) atoms. The topological polar surface area (TPSA) is 162 Å². The number of nitrogens with one attached hydrogen (secondary N) is 3. The van der Waals surface area contributed by atoms with Crippen molar-refractivity contribution in [2.75, 3.05) is 17.2 Å². The second-order valence-corrected chi connectivity index (χ2v) is 9.08. The van der Waals surface area contributed by atoms with Crippen LogP contribution in [0.25, 0.3) is 0 Å². The van der Waals surface area contributed by atoms with E-state index in [2.05, 4.69) is 16.0 Å². The number of carbonyl (C=O) groups is 6. The van der Waals surface area contributed by atoms with E-state index < -0.39 is 47.0 Å². The Morgan fingerprint density at radius 2 is 1.75 bits per heavy atom. The fraction of sp³-hybridized carbons (Fsp3) is 0.280. The van der Waals surface area contributed by atoms with Crippen molar-refractivity contribution in [3.05, 3.63) is 59.2 Å². The predicted octanol–water partition coefficient (Wildman–Crippen LogP) is 1.50. The number of hydrogen-bond donors (Lipinski definition) is 4. The number of hydrogen-bond acceptors (Lipinski definition) is 7. The number of imide groups is 2. The molecule has 0 aromatic heterocycles. The lowest BCUT2D eigenvalue weighted by Crippen LogP contribution is -2.54.